The van der Waals surface area contributed by atoms with Crippen LogP contribution in [0.3, 0.4) is 0 Å². The molecule has 0 unspecified atom stereocenters. The molecule has 0 aliphatic heterocycles. The number of ether oxygens (including phenoxy) is 1. The van der Waals surface area contributed by atoms with Gasteiger partial charge in [-0.05, 0) is 31.2 Å². The fraction of sp³-hybridized carbons (Fsp3) is 0.562. The Morgan fingerprint density at radius 3 is 2.06 bits per heavy atom. The van der Waals surface area contributed by atoms with Gasteiger partial charge in [0.2, 0.25) is 0 Å². The Balaban J connectivity index is 0.000000280. The minimum absolute atomic E-state index is 0.245. The maximum absolute atomic E-state index is 9.59. The number of benzene rings is 1. The van der Waals surface area contributed by atoms with Gasteiger partial charge in [-0.3, -0.25) is 4.79 Å². The monoisotopic (exact) mass is 248 g/mol. The molecule has 0 heterocycles. The van der Waals surface area contributed by atoms with Crippen LogP contribution in [0.1, 0.15) is 56.1 Å². The Hall–Kier alpha value is -1.31. The summed E-state index contributed by atoms with van der Waals surface area (Å²) in [4.78, 5) is 9.59. The Labute approximate surface area is 110 Å². The van der Waals surface area contributed by atoms with Gasteiger partial charge in [-0.25, -0.2) is 0 Å². The topological polar surface area (TPSA) is 26.3 Å². The first kappa shape index (κ1) is 14.7. The Bertz CT molecular complexity index is 348. The molecule has 1 aliphatic rings. The van der Waals surface area contributed by atoms with Crippen LogP contribution in [0, 0.1) is 6.92 Å². The Morgan fingerprint density at radius 1 is 1.11 bits per heavy atom. The van der Waals surface area contributed by atoms with Crippen LogP contribution in [-0.4, -0.2) is 13.1 Å². The van der Waals surface area contributed by atoms with Gasteiger partial charge in [-0.15, -0.1) is 0 Å². The van der Waals surface area contributed by atoms with Crippen molar-refractivity contribution in [2.24, 2.45) is 0 Å². The molecule has 1 aliphatic carbocycles. The van der Waals surface area contributed by atoms with Crippen LogP contribution < -0.4 is 0 Å². The van der Waals surface area contributed by atoms with Crippen molar-refractivity contribution in [3.05, 3.63) is 35.4 Å². The molecule has 0 spiro atoms. The van der Waals surface area contributed by atoms with Gasteiger partial charge in [0.25, 0.3) is 0 Å². The Kier molecular flexibility index (Phi) is 6.48. The zero-order chi connectivity index (χ0) is 13.4. The van der Waals surface area contributed by atoms with Gasteiger partial charge >= 0.3 is 5.97 Å². The summed E-state index contributed by atoms with van der Waals surface area (Å²) >= 11 is 0. The zero-order valence-corrected chi connectivity index (χ0v) is 11.7. The fourth-order valence-electron chi connectivity index (χ4n) is 2.27. The van der Waals surface area contributed by atoms with Gasteiger partial charge in [-0.2, -0.15) is 0 Å². The number of carbonyl (C=O) groups excluding carboxylic acids is 1. The molecule has 1 fully saturated rings. The van der Waals surface area contributed by atoms with Gasteiger partial charge < -0.3 is 4.74 Å². The van der Waals surface area contributed by atoms with E-state index < -0.39 is 0 Å². The Morgan fingerprint density at radius 2 is 1.61 bits per heavy atom. The largest absolute Gasteiger partial charge is 0.469 e. The van der Waals surface area contributed by atoms with Crippen molar-refractivity contribution in [2.45, 2.75) is 51.9 Å². The predicted molar refractivity (Wildman–Crippen MR) is 74.7 cm³/mol. The number of hydrogen-bond donors (Lipinski definition) is 0. The van der Waals surface area contributed by atoms with E-state index in [2.05, 4.69) is 35.9 Å². The highest BCUT2D eigenvalue weighted by Crippen LogP contribution is 2.32. The molecule has 0 atom stereocenters. The second-order valence-corrected chi connectivity index (χ2v) is 4.94. The maximum atomic E-state index is 9.59. The van der Waals surface area contributed by atoms with Crippen LogP contribution in [0.25, 0.3) is 0 Å². The number of hydrogen-bond acceptors (Lipinski definition) is 2. The molecule has 0 N–H and O–H groups in total. The molecule has 0 aromatic heterocycles. The van der Waals surface area contributed by atoms with Crippen LogP contribution in [0.2, 0.25) is 0 Å². The standard InChI is InChI=1S/C13H18.C3H6O2/c1-11-7-9-13(10-8-11)12-5-3-2-4-6-12;1-3(4)5-2/h7-10,12H,2-6H2,1H3;1-2H3. The number of methoxy groups -OCH3 is 1. The first-order chi connectivity index (χ1) is 8.63. The number of esters is 1. The van der Waals surface area contributed by atoms with E-state index in [1.165, 1.54) is 51.7 Å². The first-order valence-corrected chi connectivity index (χ1v) is 6.74. The van der Waals surface area contributed by atoms with E-state index in [1.54, 1.807) is 5.56 Å². The molecule has 18 heavy (non-hydrogen) atoms. The molecule has 1 saturated carbocycles. The summed E-state index contributed by atoms with van der Waals surface area (Å²) in [7, 11) is 1.35. The first-order valence-electron chi connectivity index (χ1n) is 6.74. The molecular weight excluding hydrogens is 224 g/mol. The summed E-state index contributed by atoms with van der Waals surface area (Å²) < 4.78 is 4.11. The third kappa shape index (κ3) is 5.35. The highest BCUT2D eigenvalue weighted by Gasteiger charge is 2.14. The molecule has 1 aromatic rings. The smallest absolute Gasteiger partial charge is 0.302 e. The molecule has 0 radical (unpaired) electrons. The predicted octanol–water partition coefficient (Wildman–Crippen LogP) is 4.22. The molecule has 0 saturated heterocycles. The van der Waals surface area contributed by atoms with Gasteiger partial charge in [0.15, 0.2) is 0 Å². The molecule has 2 rings (SSSR count). The van der Waals surface area contributed by atoms with Crippen molar-refractivity contribution < 1.29 is 9.53 Å². The van der Waals surface area contributed by atoms with Crippen LogP contribution in [0.4, 0.5) is 0 Å². The normalized spacial score (nSPS) is 15.5. The summed E-state index contributed by atoms with van der Waals surface area (Å²) in [5.41, 5.74) is 2.94. The number of aryl methyl sites for hydroxylation is 1. The summed E-state index contributed by atoms with van der Waals surface area (Å²) in [6.45, 7) is 3.52. The molecule has 0 amide bonds. The van der Waals surface area contributed by atoms with E-state index in [0.29, 0.717) is 0 Å². The van der Waals surface area contributed by atoms with E-state index in [0.717, 1.165) is 5.92 Å². The van der Waals surface area contributed by atoms with Crippen molar-refractivity contribution >= 4 is 5.97 Å². The lowest BCUT2D eigenvalue weighted by atomic mass is 9.84. The number of carbonyl (C=O) groups is 1. The zero-order valence-electron chi connectivity index (χ0n) is 11.7. The van der Waals surface area contributed by atoms with E-state index in [1.807, 2.05) is 0 Å². The summed E-state index contributed by atoms with van der Waals surface area (Å²) in [5.74, 6) is 0.611. The lowest BCUT2D eigenvalue weighted by Gasteiger charge is -2.21. The highest BCUT2D eigenvalue weighted by atomic mass is 16.5. The molecule has 0 bridgehead atoms. The van der Waals surface area contributed by atoms with Crippen molar-refractivity contribution in [1.29, 1.82) is 0 Å². The van der Waals surface area contributed by atoms with Gasteiger partial charge in [0.05, 0.1) is 7.11 Å². The summed E-state index contributed by atoms with van der Waals surface area (Å²) in [5, 5.41) is 0. The molecule has 2 heteroatoms. The van der Waals surface area contributed by atoms with E-state index in [9.17, 15) is 4.79 Å². The molecule has 2 nitrogen and oxygen atoms in total. The lowest BCUT2D eigenvalue weighted by Crippen LogP contribution is -2.04. The van der Waals surface area contributed by atoms with Crippen LogP contribution in [0.15, 0.2) is 24.3 Å². The van der Waals surface area contributed by atoms with Crippen molar-refractivity contribution in [3.8, 4) is 0 Å². The second-order valence-electron chi connectivity index (χ2n) is 4.94. The van der Waals surface area contributed by atoms with Crippen LogP contribution in [0.5, 0.6) is 0 Å². The highest BCUT2D eigenvalue weighted by molar-refractivity contribution is 5.65. The average molecular weight is 248 g/mol. The van der Waals surface area contributed by atoms with E-state index >= 15 is 0 Å². The van der Waals surface area contributed by atoms with Crippen LogP contribution >= 0.6 is 0 Å². The average Bonchev–Trinajstić information content (AvgIpc) is 2.41. The maximum Gasteiger partial charge on any atom is 0.302 e. The minimum Gasteiger partial charge on any atom is -0.469 e. The fourth-order valence-corrected chi connectivity index (χ4v) is 2.27. The van der Waals surface area contributed by atoms with Crippen LogP contribution in [-0.2, 0) is 9.53 Å². The van der Waals surface area contributed by atoms with Gasteiger partial charge in [-0.1, -0.05) is 49.1 Å². The summed E-state index contributed by atoms with van der Waals surface area (Å²) in [6, 6.07) is 9.10. The van der Waals surface area contributed by atoms with Crippen molar-refractivity contribution in [1.82, 2.24) is 0 Å². The van der Waals surface area contributed by atoms with Crippen molar-refractivity contribution in [2.75, 3.05) is 7.11 Å². The third-order valence-electron chi connectivity index (χ3n) is 3.44. The van der Waals surface area contributed by atoms with Gasteiger partial charge in [0.1, 0.15) is 0 Å². The quantitative estimate of drug-likeness (QED) is 0.695. The molecule has 1 aromatic carbocycles. The third-order valence-corrected chi connectivity index (χ3v) is 3.44. The molecule has 100 valence electrons. The SMILES string of the molecule is COC(C)=O.Cc1ccc(C2CCCCC2)cc1. The number of rotatable bonds is 1. The van der Waals surface area contributed by atoms with Gasteiger partial charge in [0, 0.05) is 6.92 Å². The second kappa shape index (κ2) is 7.91. The van der Waals surface area contributed by atoms with E-state index in [-0.39, 0.29) is 5.97 Å². The minimum atomic E-state index is -0.245. The van der Waals surface area contributed by atoms with Crippen molar-refractivity contribution in [3.63, 3.8) is 0 Å². The van der Waals surface area contributed by atoms with E-state index in [4.69, 9.17) is 0 Å². The summed E-state index contributed by atoms with van der Waals surface area (Å²) in [6.07, 6.45) is 7.12. The lowest BCUT2D eigenvalue weighted by molar-refractivity contribution is -0.137. The molecular formula is C16H24O2.